The first-order valence-corrected chi connectivity index (χ1v) is 11.6. The molecule has 31 heavy (non-hydrogen) atoms. The summed E-state index contributed by atoms with van der Waals surface area (Å²) < 4.78 is 18.3. The van der Waals surface area contributed by atoms with Gasteiger partial charge >= 0.3 is 0 Å². The van der Waals surface area contributed by atoms with E-state index in [0.717, 1.165) is 64.2 Å². The lowest BCUT2D eigenvalue weighted by Crippen LogP contribution is -2.53. The van der Waals surface area contributed by atoms with Crippen LogP contribution < -0.4 is 15.8 Å². The average molecular weight is 431 g/mol. The van der Waals surface area contributed by atoms with Crippen molar-refractivity contribution in [2.75, 3.05) is 19.7 Å². The molecule has 0 saturated heterocycles. The maximum absolute atomic E-state index is 13.1. The van der Waals surface area contributed by atoms with Gasteiger partial charge in [0.05, 0.1) is 11.9 Å². The van der Waals surface area contributed by atoms with Gasteiger partial charge in [-0.2, -0.15) is 0 Å². The van der Waals surface area contributed by atoms with Crippen LogP contribution in [0.25, 0.3) is 0 Å². The number of nitrogens with one attached hydrogen (secondary N) is 1. The van der Waals surface area contributed by atoms with Gasteiger partial charge in [-0.1, -0.05) is 25.0 Å². The van der Waals surface area contributed by atoms with Crippen LogP contribution in [0.5, 0.6) is 5.75 Å². The smallest absolute Gasteiger partial charge is 0.226 e. The predicted octanol–water partition coefficient (Wildman–Crippen LogP) is 3.89. The highest BCUT2D eigenvalue weighted by atomic mass is 19.1. The monoisotopic (exact) mass is 430 g/mol. The molecule has 0 aromatic heterocycles. The van der Waals surface area contributed by atoms with Crippen molar-refractivity contribution in [2.24, 2.45) is 11.1 Å². The van der Waals surface area contributed by atoms with Crippen molar-refractivity contribution in [3.8, 4) is 5.75 Å². The van der Waals surface area contributed by atoms with Gasteiger partial charge in [0.25, 0.3) is 0 Å². The maximum Gasteiger partial charge on any atom is 0.226 e. The van der Waals surface area contributed by atoms with E-state index in [-0.39, 0.29) is 29.9 Å². The van der Waals surface area contributed by atoms with Gasteiger partial charge in [-0.25, -0.2) is 4.39 Å². The molecule has 0 atom stereocenters. The molecule has 6 heteroatoms. The number of rotatable bonds is 8. The summed E-state index contributed by atoms with van der Waals surface area (Å²) in [5.41, 5.74) is 6.36. The third-order valence-corrected chi connectivity index (χ3v) is 8.15. The maximum atomic E-state index is 13.1. The van der Waals surface area contributed by atoms with Crippen LogP contribution in [0.1, 0.15) is 69.8 Å². The SMILES string of the molecule is NCC(=CF)COc1ccc(C23CCC(C(=O)NCC4(O)CCCC4)(CC2)CC3)cc1. The molecule has 5 rings (SSSR count). The van der Waals surface area contributed by atoms with Gasteiger partial charge in [-0.15, -0.1) is 0 Å². The minimum Gasteiger partial charge on any atom is -0.489 e. The Hall–Kier alpha value is -1.92. The van der Waals surface area contributed by atoms with Crippen molar-refractivity contribution in [1.29, 1.82) is 0 Å². The number of ether oxygens (including phenoxy) is 1. The fourth-order valence-electron chi connectivity index (χ4n) is 5.82. The zero-order chi connectivity index (χ0) is 22.0. The fourth-order valence-corrected chi connectivity index (χ4v) is 5.82. The second-order valence-electron chi connectivity index (χ2n) is 9.96. The molecule has 4 saturated carbocycles. The molecule has 0 radical (unpaired) electrons. The summed E-state index contributed by atoms with van der Waals surface area (Å²) in [6.45, 7) is 0.695. The lowest BCUT2D eigenvalue weighted by molar-refractivity contribution is -0.139. The number of carbonyl (C=O) groups is 1. The molecule has 1 amide bonds. The molecule has 170 valence electrons. The molecule has 4 N–H and O–H groups in total. The van der Waals surface area contributed by atoms with Crippen molar-refractivity contribution < 1.29 is 19.0 Å². The van der Waals surface area contributed by atoms with Crippen molar-refractivity contribution in [2.45, 2.75) is 75.2 Å². The van der Waals surface area contributed by atoms with Gasteiger partial charge in [-0.05, 0) is 74.5 Å². The number of fused-ring (bicyclic) bond motifs is 3. The Labute approximate surface area is 184 Å². The first-order valence-electron chi connectivity index (χ1n) is 11.6. The molecule has 0 spiro atoms. The third-order valence-electron chi connectivity index (χ3n) is 8.15. The highest BCUT2D eigenvalue weighted by Gasteiger charge is 2.53. The van der Waals surface area contributed by atoms with Crippen LogP contribution in [0, 0.1) is 5.41 Å². The van der Waals surface area contributed by atoms with Gasteiger partial charge < -0.3 is 20.9 Å². The minimum atomic E-state index is -0.700. The minimum absolute atomic E-state index is 0.130. The third kappa shape index (κ3) is 4.51. The summed E-state index contributed by atoms with van der Waals surface area (Å²) in [6, 6.07) is 8.12. The van der Waals surface area contributed by atoms with Gasteiger partial charge in [0.2, 0.25) is 5.91 Å². The number of nitrogens with two attached hydrogens (primary N) is 1. The van der Waals surface area contributed by atoms with Gasteiger partial charge in [0.1, 0.15) is 12.4 Å². The van der Waals surface area contributed by atoms with Crippen molar-refractivity contribution in [3.05, 3.63) is 41.7 Å². The normalized spacial score (nSPS) is 29.7. The largest absolute Gasteiger partial charge is 0.489 e. The summed E-state index contributed by atoms with van der Waals surface area (Å²) in [5.74, 6) is 0.847. The van der Waals surface area contributed by atoms with Gasteiger partial charge in [0.15, 0.2) is 0 Å². The molecular weight excluding hydrogens is 395 g/mol. The number of amides is 1. The summed E-state index contributed by atoms with van der Waals surface area (Å²) in [4.78, 5) is 13.1. The van der Waals surface area contributed by atoms with E-state index in [0.29, 0.717) is 24.2 Å². The number of benzene rings is 1. The molecule has 1 aromatic carbocycles. The van der Waals surface area contributed by atoms with Crippen LogP contribution in [-0.4, -0.2) is 36.3 Å². The topological polar surface area (TPSA) is 84.6 Å². The quantitative estimate of drug-likeness (QED) is 0.584. The molecule has 4 aliphatic carbocycles. The van der Waals surface area contributed by atoms with E-state index in [1.165, 1.54) is 5.56 Å². The molecule has 0 unspecified atom stereocenters. The highest BCUT2D eigenvalue weighted by Crippen LogP contribution is 2.58. The average Bonchev–Trinajstić information content (AvgIpc) is 3.26. The lowest BCUT2D eigenvalue weighted by atomic mass is 9.51. The van der Waals surface area contributed by atoms with Gasteiger partial charge in [0, 0.05) is 24.1 Å². The number of carbonyl (C=O) groups excluding carboxylic acids is 1. The van der Waals surface area contributed by atoms with E-state index in [2.05, 4.69) is 17.4 Å². The molecule has 4 aliphatic rings. The van der Waals surface area contributed by atoms with Gasteiger partial charge in [-0.3, -0.25) is 4.79 Å². The van der Waals surface area contributed by atoms with Crippen molar-refractivity contribution >= 4 is 5.91 Å². The summed E-state index contributed by atoms with van der Waals surface area (Å²) in [7, 11) is 0. The number of hydrogen-bond acceptors (Lipinski definition) is 4. The number of halogens is 1. The molecule has 2 bridgehead atoms. The molecule has 5 nitrogen and oxygen atoms in total. The van der Waals surface area contributed by atoms with E-state index in [1.807, 2.05) is 12.1 Å². The summed E-state index contributed by atoms with van der Waals surface area (Å²) in [5, 5.41) is 13.7. The van der Waals surface area contributed by atoms with E-state index in [4.69, 9.17) is 10.5 Å². The summed E-state index contributed by atoms with van der Waals surface area (Å²) >= 11 is 0. The number of hydrogen-bond donors (Lipinski definition) is 3. The fraction of sp³-hybridized carbons (Fsp3) is 0.640. The van der Waals surface area contributed by atoms with E-state index in [9.17, 15) is 14.3 Å². The van der Waals surface area contributed by atoms with Crippen LogP contribution in [0.15, 0.2) is 36.2 Å². The molecule has 0 aliphatic heterocycles. The van der Waals surface area contributed by atoms with Crippen molar-refractivity contribution in [3.63, 3.8) is 0 Å². The highest BCUT2D eigenvalue weighted by molar-refractivity contribution is 5.83. The number of aliphatic hydroxyl groups is 1. The first kappa shape index (κ1) is 22.3. The zero-order valence-corrected chi connectivity index (χ0v) is 18.3. The van der Waals surface area contributed by atoms with E-state index >= 15 is 0 Å². The first-order chi connectivity index (χ1) is 14.9. The zero-order valence-electron chi connectivity index (χ0n) is 18.3. The lowest BCUT2D eigenvalue weighted by Gasteiger charge is -2.53. The Morgan fingerprint density at radius 1 is 1.06 bits per heavy atom. The molecule has 0 heterocycles. The molecule has 4 fully saturated rings. The van der Waals surface area contributed by atoms with Crippen LogP contribution in [0.4, 0.5) is 4.39 Å². The van der Waals surface area contributed by atoms with E-state index < -0.39 is 5.60 Å². The molecule has 1 aromatic rings. The summed E-state index contributed by atoms with van der Waals surface area (Å²) in [6.07, 6.45) is 9.90. The second-order valence-corrected chi connectivity index (χ2v) is 9.96. The van der Waals surface area contributed by atoms with Crippen molar-refractivity contribution in [1.82, 2.24) is 5.32 Å². The van der Waals surface area contributed by atoms with Crippen LogP contribution >= 0.6 is 0 Å². The standard InChI is InChI=1S/C25H35FN2O3/c26-15-19(16-27)17-31-21-5-3-20(4-6-21)23-9-12-24(13-10-23,14-11-23)22(29)28-18-25(30)7-1-2-8-25/h3-6,15,30H,1-2,7-14,16-18,27H2,(H,28,29). The second kappa shape index (κ2) is 8.91. The predicted molar refractivity (Wildman–Crippen MR) is 118 cm³/mol. The van der Waals surface area contributed by atoms with Crippen LogP contribution in [0.3, 0.4) is 0 Å². The Morgan fingerprint density at radius 3 is 2.23 bits per heavy atom. The molecular formula is C25H35FN2O3. The Kier molecular flexibility index (Phi) is 6.40. The Balaban J connectivity index is 1.34. The van der Waals surface area contributed by atoms with Crippen LogP contribution in [0.2, 0.25) is 0 Å². The Bertz CT molecular complexity index is 790. The van der Waals surface area contributed by atoms with Crippen LogP contribution in [-0.2, 0) is 10.2 Å². The Morgan fingerprint density at radius 2 is 1.68 bits per heavy atom. The van der Waals surface area contributed by atoms with E-state index in [1.54, 1.807) is 0 Å².